The third-order valence-electron chi connectivity index (χ3n) is 2.93. The van der Waals surface area contributed by atoms with E-state index in [4.69, 9.17) is 18.9 Å². The Bertz CT molecular complexity index is 370. The van der Waals surface area contributed by atoms with E-state index in [1.807, 2.05) is 26.1 Å². The van der Waals surface area contributed by atoms with Gasteiger partial charge in [0.1, 0.15) is 0 Å². The first kappa shape index (κ1) is 15.6. The molecule has 0 aromatic heterocycles. The van der Waals surface area contributed by atoms with Crippen LogP contribution in [0, 0.1) is 0 Å². The van der Waals surface area contributed by atoms with E-state index in [9.17, 15) is 0 Å². The minimum atomic E-state index is 0.0775. The van der Waals surface area contributed by atoms with Crippen molar-refractivity contribution in [2.75, 3.05) is 41.6 Å². The van der Waals surface area contributed by atoms with Gasteiger partial charge in [0.05, 0.1) is 34.0 Å². The van der Waals surface area contributed by atoms with Crippen LogP contribution >= 0.6 is 0 Å². The average molecular weight is 269 g/mol. The topological polar surface area (TPSA) is 49.0 Å². The molecule has 0 amide bonds. The summed E-state index contributed by atoms with van der Waals surface area (Å²) in [6, 6.07) is 3.94. The van der Waals surface area contributed by atoms with Crippen molar-refractivity contribution in [2.24, 2.45) is 0 Å². The third-order valence-corrected chi connectivity index (χ3v) is 2.93. The molecule has 19 heavy (non-hydrogen) atoms. The van der Waals surface area contributed by atoms with Gasteiger partial charge in [-0.2, -0.15) is 0 Å². The van der Waals surface area contributed by atoms with Crippen LogP contribution < -0.4 is 19.5 Å². The van der Waals surface area contributed by atoms with Gasteiger partial charge in [-0.25, -0.2) is 0 Å². The van der Waals surface area contributed by atoms with Gasteiger partial charge in [-0.1, -0.05) is 0 Å². The second kappa shape index (κ2) is 7.86. The number of methoxy groups -OCH3 is 3. The number of likely N-dealkylation sites (N-methyl/N-ethyl adjacent to an activating group) is 1. The molecule has 1 atom stereocenters. The van der Waals surface area contributed by atoms with Crippen molar-refractivity contribution < 1.29 is 18.9 Å². The molecule has 1 N–H and O–H groups in total. The summed E-state index contributed by atoms with van der Waals surface area (Å²) >= 11 is 0. The first-order chi connectivity index (χ1) is 9.21. The van der Waals surface area contributed by atoms with Crippen molar-refractivity contribution in [1.29, 1.82) is 0 Å². The van der Waals surface area contributed by atoms with Crippen LogP contribution in [0.2, 0.25) is 0 Å². The van der Waals surface area contributed by atoms with Gasteiger partial charge in [-0.3, -0.25) is 0 Å². The van der Waals surface area contributed by atoms with Crippen molar-refractivity contribution >= 4 is 0 Å². The highest BCUT2D eigenvalue weighted by molar-refractivity contribution is 5.54. The fourth-order valence-corrected chi connectivity index (χ4v) is 1.88. The van der Waals surface area contributed by atoms with Crippen LogP contribution in [0.4, 0.5) is 0 Å². The van der Waals surface area contributed by atoms with E-state index in [-0.39, 0.29) is 6.04 Å². The Balaban J connectivity index is 3.12. The van der Waals surface area contributed by atoms with E-state index in [0.29, 0.717) is 30.5 Å². The summed E-state index contributed by atoms with van der Waals surface area (Å²) in [4.78, 5) is 0. The van der Waals surface area contributed by atoms with Crippen LogP contribution in [0.1, 0.15) is 18.5 Å². The molecule has 5 nitrogen and oxygen atoms in total. The van der Waals surface area contributed by atoms with Crippen LogP contribution in [0.15, 0.2) is 12.1 Å². The van der Waals surface area contributed by atoms with Crippen LogP contribution in [-0.4, -0.2) is 41.6 Å². The molecule has 1 aromatic carbocycles. The normalized spacial score (nSPS) is 12.1. The Kier molecular flexibility index (Phi) is 6.45. The average Bonchev–Trinajstić information content (AvgIpc) is 2.46. The lowest BCUT2D eigenvalue weighted by molar-refractivity contribution is 0.125. The predicted molar refractivity (Wildman–Crippen MR) is 74.4 cm³/mol. The molecule has 0 fully saturated rings. The summed E-state index contributed by atoms with van der Waals surface area (Å²) < 4.78 is 21.5. The molecule has 0 aliphatic carbocycles. The quantitative estimate of drug-likeness (QED) is 0.782. The SMILES string of the molecule is CCOCC(NC)c1cc(OC)c(OC)c(OC)c1. The number of ether oxygens (including phenoxy) is 4. The molecule has 0 bridgehead atoms. The number of nitrogens with one attached hydrogen (secondary N) is 1. The maximum Gasteiger partial charge on any atom is 0.203 e. The predicted octanol–water partition coefficient (Wildman–Crippen LogP) is 2.01. The molecule has 0 spiro atoms. The van der Waals surface area contributed by atoms with Crippen molar-refractivity contribution in [3.8, 4) is 17.2 Å². The highest BCUT2D eigenvalue weighted by Gasteiger charge is 2.17. The molecule has 0 radical (unpaired) electrons. The van der Waals surface area contributed by atoms with Gasteiger partial charge >= 0.3 is 0 Å². The van der Waals surface area contributed by atoms with Crippen molar-refractivity contribution in [1.82, 2.24) is 5.32 Å². The van der Waals surface area contributed by atoms with Gasteiger partial charge in [-0.15, -0.1) is 0 Å². The van der Waals surface area contributed by atoms with Crippen LogP contribution in [0.3, 0.4) is 0 Å². The van der Waals surface area contributed by atoms with E-state index < -0.39 is 0 Å². The maximum absolute atomic E-state index is 5.47. The van der Waals surface area contributed by atoms with E-state index in [1.54, 1.807) is 21.3 Å². The summed E-state index contributed by atoms with van der Waals surface area (Å²) in [7, 11) is 6.71. The van der Waals surface area contributed by atoms with Crippen LogP contribution in [0.25, 0.3) is 0 Å². The number of hydrogen-bond acceptors (Lipinski definition) is 5. The minimum Gasteiger partial charge on any atom is -0.493 e. The lowest BCUT2D eigenvalue weighted by Gasteiger charge is -2.20. The fourth-order valence-electron chi connectivity index (χ4n) is 1.88. The highest BCUT2D eigenvalue weighted by atomic mass is 16.5. The fraction of sp³-hybridized carbons (Fsp3) is 0.571. The molecule has 1 rings (SSSR count). The van der Waals surface area contributed by atoms with E-state index in [2.05, 4.69) is 5.32 Å². The van der Waals surface area contributed by atoms with Gasteiger partial charge in [-0.05, 0) is 31.7 Å². The van der Waals surface area contributed by atoms with E-state index in [0.717, 1.165) is 5.56 Å². The van der Waals surface area contributed by atoms with E-state index in [1.165, 1.54) is 0 Å². The molecular formula is C14H23NO4. The number of benzene rings is 1. The first-order valence-electron chi connectivity index (χ1n) is 6.26. The summed E-state index contributed by atoms with van der Waals surface area (Å²) in [5, 5.41) is 3.22. The molecule has 108 valence electrons. The van der Waals surface area contributed by atoms with E-state index >= 15 is 0 Å². The number of rotatable bonds is 8. The third kappa shape index (κ3) is 3.75. The van der Waals surface area contributed by atoms with Gasteiger partial charge < -0.3 is 24.3 Å². The Hall–Kier alpha value is -1.46. The zero-order valence-corrected chi connectivity index (χ0v) is 12.3. The van der Waals surface area contributed by atoms with Gasteiger partial charge in [0.2, 0.25) is 5.75 Å². The summed E-state index contributed by atoms with van der Waals surface area (Å²) in [5.74, 6) is 1.89. The largest absolute Gasteiger partial charge is 0.493 e. The summed E-state index contributed by atoms with van der Waals surface area (Å²) in [5.41, 5.74) is 1.03. The molecule has 0 saturated carbocycles. The Morgan fingerprint density at radius 3 is 2.00 bits per heavy atom. The van der Waals surface area contributed by atoms with Crippen LogP contribution in [-0.2, 0) is 4.74 Å². The molecule has 0 heterocycles. The second-order valence-electron chi connectivity index (χ2n) is 3.96. The standard InChI is InChI=1S/C14H23NO4/c1-6-19-9-11(15-2)10-7-12(16-3)14(18-5)13(8-10)17-4/h7-8,11,15H,6,9H2,1-5H3. The lowest BCUT2D eigenvalue weighted by Crippen LogP contribution is -2.22. The Labute approximate surface area is 114 Å². The lowest BCUT2D eigenvalue weighted by atomic mass is 10.1. The first-order valence-corrected chi connectivity index (χ1v) is 6.26. The van der Waals surface area contributed by atoms with Crippen molar-refractivity contribution in [3.63, 3.8) is 0 Å². The maximum atomic E-state index is 5.47. The Morgan fingerprint density at radius 2 is 1.63 bits per heavy atom. The Morgan fingerprint density at radius 1 is 1.05 bits per heavy atom. The van der Waals surface area contributed by atoms with Crippen molar-refractivity contribution in [3.05, 3.63) is 17.7 Å². The zero-order chi connectivity index (χ0) is 14.3. The summed E-state index contributed by atoms with van der Waals surface area (Å²) in [6.45, 7) is 3.25. The smallest absolute Gasteiger partial charge is 0.203 e. The molecule has 0 aliphatic heterocycles. The summed E-state index contributed by atoms with van der Waals surface area (Å²) in [6.07, 6.45) is 0. The zero-order valence-electron chi connectivity index (χ0n) is 12.3. The van der Waals surface area contributed by atoms with Crippen LogP contribution in [0.5, 0.6) is 17.2 Å². The van der Waals surface area contributed by atoms with Gasteiger partial charge in [0, 0.05) is 6.61 Å². The minimum absolute atomic E-state index is 0.0775. The highest BCUT2D eigenvalue weighted by Crippen LogP contribution is 2.39. The van der Waals surface area contributed by atoms with Gasteiger partial charge in [0.15, 0.2) is 11.5 Å². The molecule has 5 heteroatoms. The molecule has 1 unspecified atom stereocenters. The monoisotopic (exact) mass is 269 g/mol. The van der Waals surface area contributed by atoms with Crippen molar-refractivity contribution in [2.45, 2.75) is 13.0 Å². The van der Waals surface area contributed by atoms with Gasteiger partial charge in [0.25, 0.3) is 0 Å². The molecule has 1 aromatic rings. The molecule has 0 aliphatic rings. The number of hydrogen-bond donors (Lipinski definition) is 1. The second-order valence-corrected chi connectivity index (χ2v) is 3.96. The molecular weight excluding hydrogens is 246 g/mol. The molecule has 0 saturated heterocycles.